The number of nitrogens with zero attached hydrogens (tertiary/aromatic N) is 1. The van der Waals surface area contributed by atoms with E-state index in [-0.39, 0.29) is 12.1 Å². The molecule has 0 fully saturated rings. The van der Waals surface area contributed by atoms with Crippen molar-refractivity contribution in [1.82, 2.24) is 0 Å². The predicted octanol–water partition coefficient (Wildman–Crippen LogP) is 4.40. The zero-order valence-corrected chi connectivity index (χ0v) is 14.3. The number of anilines is 2. The first kappa shape index (κ1) is 16.0. The lowest BCUT2D eigenvalue weighted by molar-refractivity contribution is 0.0980. The van der Waals surface area contributed by atoms with Gasteiger partial charge in [-0.05, 0) is 60.7 Å². The van der Waals surface area contributed by atoms with Crippen LogP contribution in [0.15, 0.2) is 77.4 Å². The molecule has 130 valence electrons. The Kier molecular flexibility index (Phi) is 4.19. The van der Waals surface area contributed by atoms with Crippen LogP contribution in [-0.2, 0) is 0 Å². The molecule has 0 unspecified atom stereocenters. The third-order valence-electron chi connectivity index (χ3n) is 4.29. The Hall–Kier alpha value is -3.47. The molecule has 26 heavy (non-hydrogen) atoms. The summed E-state index contributed by atoms with van der Waals surface area (Å²) in [6.45, 7) is 0. The Morgan fingerprint density at radius 3 is 2.62 bits per heavy atom. The molecule has 4 rings (SSSR count). The summed E-state index contributed by atoms with van der Waals surface area (Å²) < 4.78 is 10.6. The number of carbonyl (C=O) groups is 1. The van der Waals surface area contributed by atoms with Crippen LogP contribution in [0.25, 0.3) is 6.08 Å². The maximum absolute atomic E-state index is 13.1. The summed E-state index contributed by atoms with van der Waals surface area (Å²) in [4.78, 5) is 14.9. The van der Waals surface area contributed by atoms with Crippen molar-refractivity contribution in [3.63, 3.8) is 0 Å². The van der Waals surface area contributed by atoms with E-state index in [1.165, 1.54) is 0 Å². The highest BCUT2D eigenvalue weighted by molar-refractivity contribution is 6.12. The second kappa shape index (κ2) is 6.80. The minimum Gasteiger partial charge on any atom is -0.497 e. The number of amides is 1. The number of methoxy groups -OCH3 is 1. The van der Waals surface area contributed by atoms with Gasteiger partial charge in [-0.25, -0.2) is 0 Å². The van der Waals surface area contributed by atoms with Crippen molar-refractivity contribution >= 4 is 23.4 Å². The minimum atomic E-state index is -0.337. The van der Waals surface area contributed by atoms with Crippen molar-refractivity contribution in [1.29, 1.82) is 0 Å². The maximum Gasteiger partial charge on any atom is 0.262 e. The van der Waals surface area contributed by atoms with Gasteiger partial charge in [-0.1, -0.05) is 12.1 Å². The third kappa shape index (κ3) is 2.95. The molecule has 1 aromatic heterocycles. The van der Waals surface area contributed by atoms with Crippen LogP contribution in [0, 0.1) is 0 Å². The number of para-hydroxylation sites is 1. The molecule has 1 N–H and O–H groups in total. The Labute approximate surface area is 151 Å². The van der Waals surface area contributed by atoms with Gasteiger partial charge in [-0.3, -0.25) is 9.69 Å². The number of rotatable bonds is 4. The van der Waals surface area contributed by atoms with E-state index in [9.17, 15) is 4.79 Å². The first-order valence-corrected chi connectivity index (χ1v) is 8.31. The Morgan fingerprint density at radius 1 is 1.08 bits per heavy atom. The zero-order chi connectivity index (χ0) is 17.9. The summed E-state index contributed by atoms with van der Waals surface area (Å²) in [5, 5.41) is 3.41. The Morgan fingerprint density at radius 2 is 1.88 bits per heavy atom. The number of ether oxygens (including phenoxy) is 1. The van der Waals surface area contributed by atoms with E-state index in [0.29, 0.717) is 5.56 Å². The average Bonchev–Trinajstić information content (AvgIpc) is 3.20. The maximum atomic E-state index is 13.1. The van der Waals surface area contributed by atoms with Gasteiger partial charge in [-0.2, -0.15) is 0 Å². The first-order chi connectivity index (χ1) is 12.8. The van der Waals surface area contributed by atoms with Gasteiger partial charge < -0.3 is 14.5 Å². The molecule has 0 saturated heterocycles. The molecule has 2 aromatic carbocycles. The van der Waals surface area contributed by atoms with Crippen LogP contribution in [0.4, 0.5) is 11.4 Å². The second-order valence-corrected chi connectivity index (χ2v) is 5.88. The van der Waals surface area contributed by atoms with Crippen molar-refractivity contribution < 1.29 is 13.9 Å². The summed E-state index contributed by atoms with van der Waals surface area (Å²) in [6.07, 6.45) is 5.05. The average molecular weight is 346 g/mol. The summed E-state index contributed by atoms with van der Waals surface area (Å²) >= 11 is 0. The van der Waals surface area contributed by atoms with Crippen LogP contribution >= 0.6 is 0 Å². The van der Waals surface area contributed by atoms with Gasteiger partial charge in [0, 0.05) is 11.4 Å². The van der Waals surface area contributed by atoms with E-state index in [0.717, 1.165) is 22.9 Å². The van der Waals surface area contributed by atoms with Crippen molar-refractivity contribution in [3.8, 4) is 5.75 Å². The van der Waals surface area contributed by atoms with Gasteiger partial charge in [-0.15, -0.1) is 0 Å². The number of furan rings is 1. The third-order valence-corrected chi connectivity index (χ3v) is 4.29. The molecule has 5 heteroatoms. The van der Waals surface area contributed by atoms with E-state index in [1.807, 2.05) is 72.8 Å². The summed E-state index contributed by atoms with van der Waals surface area (Å²) in [6, 6.07) is 18.6. The van der Waals surface area contributed by atoms with Crippen molar-refractivity contribution in [3.05, 3.63) is 84.3 Å². The molecule has 0 spiro atoms. The van der Waals surface area contributed by atoms with Gasteiger partial charge in [0.05, 0.1) is 18.9 Å². The number of benzene rings is 2. The molecular weight excluding hydrogens is 328 g/mol. The monoisotopic (exact) mass is 346 g/mol. The van der Waals surface area contributed by atoms with Crippen LogP contribution in [0.2, 0.25) is 0 Å². The van der Waals surface area contributed by atoms with Crippen molar-refractivity contribution in [2.75, 3.05) is 17.3 Å². The van der Waals surface area contributed by atoms with Gasteiger partial charge in [0.25, 0.3) is 5.91 Å². The first-order valence-electron chi connectivity index (χ1n) is 8.31. The lowest BCUT2D eigenvalue weighted by Gasteiger charge is -2.36. The van der Waals surface area contributed by atoms with Gasteiger partial charge in [0.1, 0.15) is 17.7 Å². The standard InChI is InChI=1S/C21H18N2O3/c1-25-16-10-8-15(9-11-16)23-20(13-12-17-5-4-14-26-17)22-19-7-3-2-6-18(19)21(23)24/h2-14,20,22H,1H3/b13-12+/t20-/m1/s1. The normalized spacial score (nSPS) is 16.4. The molecule has 0 aliphatic carbocycles. The number of carbonyl (C=O) groups excluding carboxylic acids is 1. The lowest BCUT2D eigenvalue weighted by atomic mass is 10.1. The molecule has 1 aliphatic rings. The summed E-state index contributed by atoms with van der Waals surface area (Å²) in [5.41, 5.74) is 2.24. The highest BCUT2D eigenvalue weighted by Crippen LogP contribution is 2.31. The molecule has 1 amide bonds. The second-order valence-electron chi connectivity index (χ2n) is 5.88. The topological polar surface area (TPSA) is 54.7 Å². The van der Waals surface area contributed by atoms with Crippen molar-refractivity contribution in [2.45, 2.75) is 6.17 Å². The number of fused-ring (bicyclic) bond motifs is 1. The minimum absolute atomic E-state index is 0.0568. The fraction of sp³-hybridized carbons (Fsp3) is 0.0952. The van der Waals surface area contributed by atoms with Crippen LogP contribution in [0.5, 0.6) is 5.75 Å². The Bertz CT molecular complexity index is 930. The largest absolute Gasteiger partial charge is 0.497 e. The van der Waals surface area contributed by atoms with Crippen LogP contribution in [0.1, 0.15) is 16.1 Å². The zero-order valence-electron chi connectivity index (χ0n) is 14.3. The SMILES string of the molecule is COc1ccc(N2C(=O)c3ccccc3N[C@H]2/C=C/c2ccco2)cc1. The van der Waals surface area contributed by atoms with E-state index in [2.05, 4.69) is 5.32 Å². The molecule has 2 heterocycles. The molecule has 0 radical (unpaired) electrons. The molecule has 0 bridgehead atoms. The fourth-order valence-electron chi connectivity index (χ4n) is 3.00. The molecule has 3 aromatic rings. The van der Waals surface area contributed by atoms with Crippen molar-refractivity contribution in [2.24, 2.45) is 0 Å². The number of hydrogen-bond acceptors (Lipinski definition) is 4. The van der Waals surface area contributed by atoms with E-state index in [4.69, 9.17) is 9.15 Å². The number of nitrogens with one attached hydrogen (secondary N) is 1. The summed E-state index contributed by atoms with van der Waals surface area (Å²) in [5.74, 6) is 1.42. The highest BCUT2D eigenvalue weighted by Gasteiger charge is 2.31. The fourth-order valence-corrected chi connectivity index (χ4v) is 3.00. The Balaban J connectivity index is 1.74. The molecule has 1 atom stereocenters. The van der Waals surface area contributed by atoms with E-state index < -0.39 is 0 Å². The quantitative estimate of drug-likeness (QED) is 0.761. The highest BCUT2D eigenvalue weighted by atomic mass is 16.5. The smallest absolute Gasteiger partial charge is 0.262 e. The predicted molar refractivity (Wildman–Crippen MR) is 101 cm³/mol. The van der Waals surface area contributed by atoms with Gasteiger partial charge in [0.2, 0.25) is 0 Å². The summed E-state index contributed by atoms with van der Waals surface area (Å²) in [7, 11) is 1.62. The molecule has 0 saturated carbocycles. The van der Waals surface area contributed by atoms with Crippen LogP contribution in [-0.4, -0.2) is 19.2 Å². The van der Waals surface area contributed by atoms with E-state index in [1.54, 1.807) is 18.3 Å². The number of hydrogen-bond donors (Lipinski definition) is 1. The lowest BCUT2D eigenvalue weighted by Crippen LogP contribution is -2.48. The molecular formula is C21H18N2O3. The van der Waals surface area contributed by atoms with Gasteiger partial charge in [0.15, 0.2) is 0 Å². The van der Waals surface area contributed by atoms with Crippen LogP contribution in [0.3, 0.4) is 0 Å². The molecule has 1 aliphatic heterocycles. The van der Waals surface area contributed by atoms with Gasteiger partial charge >= 0.3 is 0 Å². The van der Waals surface area contributed by atoms with Crippen LogP contribution < -0.4 is 15.0 Å². The van der Waals surface area contributed by atoms with E-state index >= 15 is 0 Å². The molecule has 5 nitrogen and oxygen atoms in total.